The summed E-state index contributed by atoms with van der Waals surface area (Å²) in [6.45, 7) is 0. The van der Waals surface area contributed by atoms with E-state index in [9.17, 15) is 9.59 Å². The summed E-state index contributed by atoms with van der Waals surface area (Å²) in [7, 11) is 7.88. The van der Waals surface area contributed by atoms with Gasteiger partial charge in [0.05, 0.1) is 12.4 Å². The van der Waals surface area contributed by atoms with Gasteiger partial charge in [-0.1, -0.05) is 24.3 Å². The molecular weight excluding hydrogens is 428 g/mol. The van der Waals surface area contributed by atoms with Crippen LogP contribution < -0.4 is 20.7 Å². The van der Waals surface area contributed by atoms with Gasteiger partial charge in [0, 0.05) is 50.7 Å². The highest BCUT2D eigenvalue weighted by molar-refractivity contribution is 5.98. The molecule has 3 rings (SSSR count). The van der Waals surface area contributed by atoms with Gasteiger partial charge in [0.2, 0.25) is 0 Å². The lowest BCUT2D eigenvalue weighted by Gasteiger charge is -2.11. The van der Waals surface area contributed by atoms with E-state index in [-0.39, 0.29) is 11.8 Å². The van der Waals surface area contributed by atoms with Crippen LogP contribution in [0.4, 0.5) is 11.4 Å². The van der Waals surface area contributed by atoms with Gasteiger partial charge in [0.1, 0.15) is 0 Å². The molecule has 0 saturated carbocycles. The Balaban J connectivity index is 1.51. The van der Waals surface area contributed by atoms with E-state index in [0.29, 0.717) is 11.1 Å². The highest BCUT2D eigenvalue weighted by Crippen LogP contribution is 2.12. The van der Waals surface area contributed by atoms with Crippen LogP contribution in [0, 0.1) is 0 Å². The van der Waals surface area contributed by atoms with Gasteiger partial charge in [-0.3, -0.25) is 9.59 Å². The Hall–Kier alpha value is -4.46. The van der Waals surface area contributed by atoms with Crippen LogP contribution in [0.5, 0.6) is 0 Å². The van der Waals surface area contributed by atoms with Crippen LogP contribution in [0.2, 0.25) is 0 Å². The van der Waals surface area contributed by atoms with E-state index < -0.39 is 0 Å². The number of nitrogens with one attached hydrogen (secondary N) is 2. The van der Waals surface area contributed by atoms with E-state index >= 15 is 0 Å². The average Bonchev–Trinajstić information content (AvgIpc) is 2.84. The Bertz CT molecular complexity index is 1070. The van der Waals surface area contributed by atoms with Gasteiger partial charge in [0.15, 0.2) is 0 Å². The molecule has 0 unspecified atom stereocenters. The topological polar surface area (TPSA) is 89.4 Å². The molecule has 0 aromatic heterocycles. The number of hydrogen-bond donors (Lipinski definition) is 2. The SMILES string of the molecule is CN(C)c1ccc(/C=N\NC(=O)c2ccc(C(=O)N/N=C\c3ccc(N(C)C)cc3)cc2)cc1. The van der Waals surface area contributed by atoms with Crippen molar-refractivity contribution in [3.8, 4) is 0 Å². The first kappa shape index (κ1) is 24.2. The predicted octanol–water partition coefficient (Wildman–Crippen LogP) is 3.35. The predicted molar refractivity (Wildman–Crippen MR) is 138 cm³/mol. The molecule has 0 fully saturated rings. The number of hydrogen-bond acceptors (Lipinski definition) is 6. The zero-order chi connectivity index (χ0) is 24.5. The first-order valence-electron chi connectivity index (χ1n) is 10.6. The van der Waals surface area contributed by atoms with E-state index in [2.05, 4.69) is 21.1 Å². The Morgan fingerprint density at radius 2 is 0.912 bits per heavy atom. The molecule has 3 aromatic rings. The van der Waals surface area contributed by atoms with Crippen molar-refractivity contribution in [3.63, 3.8) is 0 Å². The summed E-state index contributed by atoms with van der Waals surface area (Å²) >= 11 is 0. The third-order valence-electron chi connectivity index (χ3n) is 4.99. The van der Waals surface area contributed by atoms with Crippen molar-refractivity contribution in [1.82, 2.24) is 10.9 Å². The molecule has 2 amide bonds. The molecule has 0 aliphatic rings. The molecule has 0 atom stereocenters. The number of rotatable bonds is 8. The van der Waals surface area contributed by atoms with Gasteiger partial charge >= 0.3 is 0 Å². The largest absolute Gasteiger partial charge is 0.378 e. The van der Waals surface area contributed by atoms with E-state index in [0.717, 1.165) is 22.5 Å². The average molecular weight is 457 g/mol. The highest BCUT2D eigenvalue weighted by Gasteiger charge is 2.08. The van der Waals surface area contributed by atoms with Crippen LogP contribution in [0.25, 0.3) is 0 Å². The Kier molecular flexibility index (Phi) is 8.12. The fourth-order valence-corrected chi connectivity index (χ4v) is 2.95. The molecule has 0 spiro atoms. The number of carbonyl (C=O) groups excluding carboxylic acids is 2. The van der Waals surface area contributed by atoms with Gasteiger partial charge < -0.3 is 9.80 Å². The smallest absolute Gasteiger partial charge is 0.271 e. The summed E-state index contributed by atoms with van der Waals surface area (Å²) in [6, 6.07) is 21.8. The summed E-state index contributed by atoms with van der Waals surface area (Å²) in [6.07, 6.45) is 3.15. The number of hydrazone groups is 2. The van der Waals surface area contributed by atoms with Crippen LogP contribution >= 0.6 is 0 Å². The van der Waals surface area contributed by atoms with Crippen LogP contribution in [0.3, 0.4) is 0 Å². The summed E-state index contributed by atoms with van der Waals surface area (Å²) in [4.78, 5) is 28.6. The van der Waals surface area contributed by atoms with E-state index in [4.69, 9.17) is 0 Å². The lowest BCUT2D eigenvalue weighted by molar-refractivity contribution is 0.0943. The molecular formula is C26H28N6O2. The number of carbonyl (C=O) groups is 2. The zero-order valence-electron chi connectivity index (χ0n) is 19.7. The van der Waals surface area contributed by atoms with Crippen molar-refractivity contribution < 1.29 is 9.59 Å². The second-order valence-corrected chi connectivity index (χ2v) is 7.95. The lowest BCUT2D eigenvalue weighted by atomic mass is 10.1. The fraction of sp³-hybridized carbons (Fsp3) is 0.154. The van der Waals surface area contributed by atoms with Crippen molar-refractivity contribution in [2.45, 2.75) is 0 Å². The molecule has 0 aliphatic carbocycles. The molecule has 8 heteroatoms. The number of benzene rings is 3. The number of anilines is 2. The monoisotopic (exact) mass is 456 g/mol. The molecule has 174 valence electrons. The molecule has 0 bridgehead atoms. The van der Waals surface area contributed by atoms with Gasteiger partial charge in [0.25, 0.3) is 11.8 Å². The van der Waals surface area contributed by atoms with Crippen molar-refractivity contribution in [1.29, 1.82) is 0 Å². The minimum Gasteiger partial charge on any atom is -0.378 e. The number of nitrogens with zero attached hydrogens (tertiary/aromatic N) is 4. The first-order chi connectivity index (χ1) is 16.3. The molecule has 0 heterocycles. The normalized spacial score (nSPS) is 10.9. The summed E-state index contributed by atoms with van der Waals surface area (Å²) < 4.78 is 0. The Morgan fingerprint density at radius 3 is 1.21 bits per heavy atom. The summed E-state index contributed by atoms with van der Waals surface area (Å²) in [5.41, 5.74) is 9.65. The maximum Gasteiger partial charge on any atom is 0.271 e. The van der Waals surface area contributed by atoms with E-state index in [1.165, 1.54) is 0 Å². The quantitative estimate of drug-likeness (QED) is 0.402. The molecule has 34 heavy (non-hydrogen) atoms. The maximum absolute atomic E-state index is 12.3. The minimum atomic E-state index is -0.368. The van der Waals surface area contributed by atoms with Gasteiger partial charge in [-0.2, -0.15) is 10.2 Å². The third kappa shape index (κ3) is 6.77. The highest BCUT2D eigenvalue weighted by atomic mass is 16.2. The van der Waals surface area contributed by atoms with Gasteiger partial charge in [-0.05, 0) is 59.7 Å². The maximum atomic E-state index is 12.3. The van der Waals surface area contributed by atoms with Crippen LogP contribution in [-0.2, 0) is 0 Å². The van der Waals surface area contributed by atoms with E-state index in [1.54, 1.807) is 36.7 Å². The van der Waals surface area contributed by atoms with E-state index in [1.807, 2.05) is 86.5 Å². The molecule has 0 aliphatic heterocycles. The molecule has 8 nitrogen and oxygen atoms in total. The summed E-state index contributed by atoms with van der Waals surface area (Å²) in [5, 5.41) is 7.99. The molecule has 2 N–H and O–H groups in total. The fourth-order valence-electron chi connectivity index (χ4n) is 2.95. The molecule has 3 aromatic carbocycles. The van der Waals surface area contributed by atoms with Crippen molar-refractivity contribution in [3.05, 3.63) is 95.1 Å². The van der Waals surface area contributed by atoms with Crippen LogP contribution in [0.15, 0.2) is 83.0 Å². The van der Waals surface area contributed by atoms with Crippen molar-refractivity contribution >= 4 is 35.6 Å². The second-order valence-electron chi connectivity index (χ2n) is 7.95. The third-order valence-corrected chi connectivity index (χ3v) is 4.99. The van der Waals surface area contributed by atoms with Crippen molar-refractivity contribution in [2.24, 2.45) is 10.2 Å². The number of amides is 2. The minimum absolute atomic E-state index is 0.368. The Morgan fingerprint density at radius 1 is 0.588 bits per heavy atom. The van der Waals surface area contributed by atoms with Gasteiger partial charge in [-0.25, -0.2) is 10.9 Å². The van der Waals surface area contributed by atoms with Crippen LogP contribution in [0.1, 0.15) is 31.8 Å². The van der Waals surface area contributed by atoms with Crippen molar-refractivity contribution in [2.75, 3.05) is 38.0 Å². The molecule has 0 saturated heterocycles. The zero-order valence-corrected chi connectivity index (χ0v) is 19.7. The lowest BCUT2D eigenvalue weighted by Crippen LogP contribution is -2.19. The second kappa shape index (κ2) is 11.4. The molecule has 0 radical (unpaired) electrons. The summed E-state index contributed by atoms with van der Waals surface area (Å²) in [5.74, 6) is -0.736. The standard InChI is InChI=1S/C26H28N6O2/c1-31(2)23-13-5-19(6-14-23)17-27-29-25(33)21-9-11-22(12-10-21)26(34)30-28-18-20-7-15-24(16-8-20)32(3)4/h5-18H,1-4H3,(H,29,33)(H,30,34)/b27-17-,28-18-. The van der Waals surface area contributed by atoms with Gasteiger partial charge in [-0.15, -0.1) is 0 Å². The van der Waals surface area contributed by atoms with Crippen LogP contribution in [-0.4, -0.2) is 52.4 Å². The first-order valence-corrected chi connectivity index (χ1v) is 10.6. The Labute approximate surface area is 199 Å².